The van der Waals surface area contributed by atoms with Gasteiger partial charge in [-0.25, -0.2) is 4.57 Å². The van der Waals surface area contributed by atoms with Crippen molar-refractivity contribution in [2.45, 2.75) is 20.4 Å². The first-order valence-electron chi connectivity index (χ1n) is 9.40. The number of aromatic hydroxyl groups is 1. The Balaban J connectivity index is 1.91. The van der Waals surface area contributed by atoms with Gasteiger partial charge in [0.1, 0.15) is 0 Å². The molecule has 1 N–H and O–H groups in total. The molecule has 0 aliphatic carbocycles. The van der Waals surface area contributed by atoms with Crippen molar-refractivity contribution in [1.29, 1.82) is 0 Å². The fourth-order valence-corrected chi connectivity index (χ4v) is 3.49. The molecule has 5 nitrogen and oxygen atoms in total. The molecular formula is C24H21N3O2. The van der Waals surface area contributed by atoms with Gasteiger partial charge in [0.2, 0.25) is 5.88 Å². The van der Waals surface area contributed by atoms with Gasteiger partial charge < -0.3 is 5.11 Å². The van der Waals surface area contributed by atoms with Crippen LogP contribution in [0.25, 0.3) is 16.5 Å². The quantitative estimate of drug-likeness (QED) is 0.534. The van der Waals surface area contributed by atoms with Crippen molar-refractivity contribution in [3.05, 3.63) is 99.6 Å². The molecule has 4 rings (SSSR count). The Bertz CT molecular complexity index is 1270. The molecule has 0 fully saturated rings. The second kappa shape index (κ2) is 7.72. The lowest BCUT2D eigenvalue weighted by Gasteiger charge is -2.16. The molecule has 0 bridgehead atoms. The minimum absolute atomic E-state index is 0.120. The summed E-state index contributed by atoms with van der Waals surface area (Å²) in [5.74, 6) is -0.120. The molecule has 0 aliphatic heterocycles. The lowest BCUT2D eigenvalue weighted by Crippen LogP contribution is -2.21. The first-order valence-corrected chi connectivity index (χ1v) is 9.40. The van der Waals surface area contributed by atoms with Crippen molar-refractivity contribution in [3.63, 3.8) is 0 Å². The molecular weight excluding hydrogens is 362 g/mol. The van der Waals surface area contributed by atoms with Crippen LogP contribution in [0.1, 0.15) is 22.4 Å². The Morgan fingerprint density at radius 3 is 2.52 bits per heavy atom. The SMILES string of the molecule is Cc1ccc(-n2c(O)c(C=NCc3ccccn3)c3ccccc3c2=O)c(C)c1. The molecule has 2 aromatic heterocycles. The smallest absolute Gasteiger partial charge is 0.265 e. The van der Waals surface area contributed by atoms with Gasteiger partial charge in [-0.2, -0.15) is 0 Å². The highest BCUT2D eigenvalue weighted by Crippen LogP contribution is 2.27. The first-order chi connectivity index (χ1) is 14.1. The molecule has 29 heavy (non-hydrogen) atoms. The molecule has 0 aliphatic rings. The van der Waals surface area contributed by atoms with Gasteiger partial charge >= 0.3 is 0 Å². The fraction of sp³-hybridized carbons (Fsp3) is 0.125. The van der Waals surface area contributed by atoms with Crippen LogP contribution in [0.3, 0.4) is 0 Å². The lowest BCUT2D eigenvalue weighted by atomic mass is 10.1. The van der Waals surface area contributed by atoms with Gasteiger partial charge in [0, 0.05) is 23.2 Å². The molecule has 2 heterocycles. The largest absolute Gasteiger partial charge is 0.494 e. The maximum atomic E-state index is 13.2. The number of hydrogen-bond donors (Lipinski definition) is 1. The highest BCUT2D eigenvalue weighted by Gasteiger charge is 2.17. The molecule has 0 amide bonds. The van der Waals surface area contributed by atoms with E-state index in [0.29, 0.717) is 28.6 Å². The second-order valence-corrected chi connectivity index (χ2v) is 7.00. The summed E-state index contributed by atoms with van der Waals surface area (Å²) in [6, 6.07) is 18.7. The van der Waals surface area contributed by atoms with Crippen LogP contribution >= 0.6 is 0 Å². The lowest BCUT2D eigenvalue weighted by molar-refractivity contribution is 0.436. The number of hydrogen-bond acceptors (Lipinski definition) is 4. The molecule has 0 spiro atoms. The van der Waals surface area contributed by atoms with E-state index in [1.165, 1.54) is 4.57 Å². The molecule has 2 aromatic carbocycles. The molecule has 144 valence electrons. The maximum Gasteiger partial charge on any atom is 0.265 e. The van der Waals surface area contributed by atoms with E-state index in [4.69, 9.17) is 0 Å². The van der Waals surface area contributed by atoms with E-state index in [2.05, 4.69) is 9.98 Å². The number of aliphatic imine (C=N–C) groups is 1. The van der Waals surface area contributed by atoms with Gasteiger partial charge in [-0.3, -0.25) is 14.8 Å². The minimum Gasteiger partial charge on any atom is -0.494 e. The van der Waals surface area contributed by atoms with Crippen LogP contribution in [-0.4, -0.2) is 20.9 Å². The van der Waals surface area contributed by atoms with E-state index in [1.807, 2.05) is 68.4 Å². The molecule has 5 heteroatoms. The average molecular weight is 383 g/mol. The Morgan fingerprint density at radius 2 is 1.79 bits per heavy atom. The third kappa shape index (κ3) is 3.55. The topological polar surface area (TPSA) is 67.5 Å². The van der Waals surface area contributed by atoms with Gasteiger partial charge in [0.15, 0.2) is 0 Å². The number of rotatable bonds is 4. The van der Waals surface area contributed by atoms with Crippen molar-refractivity contribution >= 4 is 17.0 Å². The van der Waals surface area contributed by atoms with Gasteiger partial charge in [0.05, 0.1) is 23.5 Å². The van der Waals surface area contributed by atoms with E-state index in [-0.39, 0.29) is 11.4 Å². The molecule has 4 aromatic rings. The molecule has 0 atom stereocenters. The first kappa shape index (κ1) is 18.6. The summed E-state index contributed by atoms with van der Waals surface area (Å²) in [6.45, 7) is 4.31. The third-order valence-corrected chi connectivity index (χ3v) is 4.90. The standard InChI is InChI=1S/C24H21N3O2/c1-16-10-11-22(17(2)13-16)27-23(28)20-9-4-3-8-19(20)21(24(27)29)15-25-14-18-7-5-6-12-26-18/h3-13,15,29H,14H2,1-2H3. The van der Waals surface area contributed by atoms with Gasteiger partial charge in [-0.1, -0.05) is 42.0 Å². The zero-order valence-electron chi connectivity index (χ0n) is 16.3. The number of aryl methyl sites for hydroxylation is 2. The van der Waals surface area contributed by atoms with Crippen LogP contribution in [0.15, 0.2) is 76.6 Å². The summed E-state index contributed by atoms with van der Waals surface area (Å²) in [4.78, 5) is 21.9. The zero-order valence-corrected chi connectivity index (χ0v) is 16.3. The van der Waals surface area contributed by atoms with Crippen LogP contribution in [0, 0.1) is 13.8 Å². The summed E-state index contributed by atoms with van der Waals surface area (Å²) >= 11 is 0. The zero-order chi connectivity index (χ0) is 20.4. The van der Waals surface area contributed by atoms with Gasteiger partial charge in [-0.05, 0) is 43.7 Å². The summed E-state index contributed by atoms with van der Waals surface area (Å²) in [5.41, 5.74) is 3.74. The highest BCUT2D eigenvalue weighted by atomic mass is 16.3. The van der Waals surface area contributed by atoms with E-state index < -0.39 is 0 Å². The molecule has 0 saturated carbocycles. The van der Waals surface area contributed by atoms with Crippen molar-refractivity contribution < 1.29 is 5.11 Å². The fourth-order valence-electron chi connectivity index (χ4n) is 3.49. The highest BCUT2D eigenvalue weighted by molar-refractivity contribution is 6.01. The second-order valence-electron chi connectivity index (χ2n) is 7.00. The van der Waals surface area contributed by atoms with E-state index >= 15 is 0 Å². The minimum atomic E-state index is -0.257. The van der Waals surface area contributed by atoms with E-state index in [1.54, 1.807) is 18.5 Å². The Morgan fingerprint density at radius 1 is 1.03 bits per heavy atom. The predicted molar refractivity (Wildman–Crippen MR) is 116 cm³/mol. The van der Waals surface area contributed by atoms with Crippen LogP contribution < -0.4 is 5.56 Å². The monoisotopic (exact) mass is 383 g/mol. The molecule has 0 saturated heterocycles. The summed E-state index contributed by atoms with van der Waals surface area (Å²) in [5, 5.41) is 12.3. The summed E-state index contributed by atoms with van der Waals surface area (Å²) in [7, 11) is 0. The molecule has 0 unspecified atom stereocenters. The number of fused-ring (bicyclic) bond motifs is 1. The van der Waals surface area contributed by atoms with E-state index in [0.717, 1.165) is 16.8 Å². The van der Waals surface area contributed by atoms with Gasteiger partial charge in [-0.15, -0.1) is 0 Å². The van der Waals surface area contributed by atoms with Crippen molar-refractivity contribution in [1.82, 2.24) is 9.55 Å². The normalized spacial score (nSPS) is 11.4. The molecule has 0 radical (unpaired) electrons. The van der Waals surface area contributed by atoms with E-state index in [9.17, 15) is 9.90 Å². The van der Waals surface area contributed by atoms with Crippen LogP contribution in [-0.2, 0) is 6.54 Å². The Labute approximate surface area is 168 Å². The summed E-state index contributed by atoms with van der Waals surface area (Å²) < 4.78 is 1.36. The number of pyridine rings is 2. The Hall–Kier alpha value is -3.73. The predicted octanol–water partition coefficient (Wildman–Crippen LogP) is 4.33. The third-order valence-electron chi connectivity index (χ3n) is 4.90. The van der Waals surface area contributed by atoms with Crippen LogP contribution in [0.4, 0.5) is 0 Å². The van der Waals surface area contributed by atoms with Crippen LogP contribution in [0.5, 0.6) is 5.88 Å². The van der Waals surface area contributed by atoms with Crippen molar-refractivity contribution in [3.8, 4) is 11.6 Å². The number of benzene rings is 2. The number of aromatic nitrogens is 2. The van der Waals surface area contributed by atoms with Crippen LogP contribution in [0.2, 0.25) is 0 Å². The van der Waals surface area contributed by atoms with Gasteiger partial charge in [0.25, 0.3) is 5.56 Å². The van der Waals surface area contributed by atoms with Crippen molar-refractivity contribution in [2.75, 3.05) is 0 Å². The van der Waals surface area contributed by atoms with Crippen molar-refractivity contribution in [2.24, 2.45) is 4.99 Å². The number of nitrogens with zero attached hydrogens (tertiary/aromatic N) is 3. The maximum absolute atomic E-state index is 13.2. The average Bonchev–Trinajstić information content (AvgIpc) is 2.73. The summed E-state index contributed by atoms with van der Waals surface area (Å²) in [6.07, 6.45) is 3.34. The Kier molecular flexibility index (Phi) is 4.96.